The lowest BCUT2D eigenvalue weighted by Gasteiger charge is -2.35. The number of aromatic nitrogens is 3. The van der Waals surface area contributed by atoms with Gasteiger partial charge in [-0.1, -0.05) is 30.3 Å². The number of aryl methyl sites for hydroxylation is 1. The number of hydrogen-bond acceptors (Lipinski definition) is 4. The van der Waals surface area contributed by atoms with Gasteiger partial charge in [0.15, 0.2) is 0 Å². The van der Waals surface area contributed by atoms with Gasteiger partial charge in [0.25, 0.3) is 0 Å². The summed E-state index contributed by atoms with van der Waals surface area (Å²) >= 11 is 0. The van der Waals surface area contributed by atoms with Crippen LogP contribution in [-0.4, -0.2) is 51.5 Å². The molecular weight excluding hydrogens is 350 g/mol. The van der Waals surface area contributed by atoms with E-state index >= 15 is 0 Å². The van der Waals surface area contributed by atoms with Crippen LogP contribution in [0.3, 0.4) is 0 Å². The third-order valence-corrected chi connectivity index (χ3v) is 5.16. The van der Waals surface area contributed by atoms with E-state index in [1.165, 1.54) is 5.56 Å². The maximum Gasteiger partial charge on any atom is 0.222 e. The number of carbonyl (C=O) groups is 1. The van der Waals surface area contributed by atoms with E-state index in [4.69, 9.17) is 0 Å². The summed E-state index contributed by atoms with van der Waals surface area (Å²) in [4.78, 5) is 25.5. The Hall–Kier alpha value is -3.15. The summed E-state index contributed by atoms with van der Waals surface area (Å²) in [7, 11) is 0. The van der Waals surface area contributed by atoms with Crippen LogP contribution in [0.1, 0.15) is 18.4 Å². The average molecular weight is 375 g/mol. The van der Waals surface area contributed by atoms with Gasteiger partial charge in [0, 0.05) is 51.1 Å². The summed E-state index contributed by atoms with van der Waals surface area (Å²) in [6.07, 6.45) is 8.01. The maximum atomic E-state index is 12.5. The molecule has 1 amide bonds. The number of carbonyl (C=O) groups excluding carboxylic acids is 1. The number of benzene rings is 1. The smallest absolute Gasteiger partial charge is 0.222 e. The molecule has 4 rings (SSSR count). The zero-order valence-corrected chi connectivity index (χ0v) is 15.9. The molecule has 28 heavy (non-hydrogen) atoms. The molecule has 1 fully saturated rings. The normalized spacial score (nSPS) is 14.3. The quantitative estimate of drug-likeness (QED) is 0.665. The molecule has 3 aromatic rings. The zero-order valence-electron chi connectivity index (χ0n) is 15.9. The number of nitrogens with zero attached hydrogens (tertiary/aromatic N) is 5. The van der Waals surface area contributed by atoms with Crippen molar-refractivity contribution in [1.29, 1.82) is 0 Å². The van der Waals surface area contributed by atoms with Crippen LogP contribution >= 0.6 is 0 Å². The summed E-state index contributed by atoms with van der Waals surface area (Å²) < 4.78 is 1.97. The summed E-state index contributed by atoms with van der Waals surface area (Å²) in [5.41, 5.74) is 1.29. The van der Waals surface area contributed by atoms with Crippen LogP contribution in [-0.2, 0) is 11.2 Å². The standard InChI is InChI=1S/C22H25N5O/c28-22(10-6-9-19-7-2-1-3-8-19)27-15-13-26(14-16-27)21-17-20(23-18-24-21)25-11-4-5-12-25/h1-5,7-8,11-12,17-18H,6,9-10,13-16H2. The molecule has 1 aromatic carbocycles. The minimum atomic E-state index is 0.256. The van der Waals surface area contributed by atoms with Gasteiger partial charge >= 0.3 is 0 Å². The molecule has 6 nitrogen and oxygen atoms in total. The van der Waals surface area contributed by atoms with Crippen molar-refractivity contribution >= 4 is 11.7 Å². The van der Waals surface area contributed by atoms with E-state index in [9.17, 15) is 4.79 Å². The largest absolute Gasteiger partial charge is 0.353 e. The van der Waals surface area contributed by atoms with Gasteiger partial charge in [-0.3, -0.25) is 4.79 Å². The predicted molar refractivity (Wildman–Crippen MR) is 110 cm³/mol. The summed E-state index contributed by atoms with van der Waals surface area (Å²) in [5.74, 6) is 2.02. The van der Waals surface area contributed by atoms with Gasteiger partial charge < -0.3 is 14.4 Å². The molecule has 144 valence electrons. The van der Waals surface area contributed by atoms with E-state index in [1.54, 1.807) is 6.33 Å². The third kappa shape index (κ3) is 4.39. The van der Waals surface area contributed by atoms with E-state index in [-0.39, 0.29) is 5.91 Å². The fourth-order valence-corrected chi connectivity index (χ4v) is 3.57. The van der Waals surface area contributed by atoms with Crippen molar-refractivity contribution in [3.05, 3.63) is 72.8 Å². The number of piperazine rings is 1. The fourth-order valence-electron chi connectivity index (χ4n) is 3.57. The Morgan fingerprint density at radius 1 is 0.893 bits per heavy atom. The van der Waals surface area contributed by atoms with Crippen molar-refractivity contribution in [3.8, 4) is 5.82 Å². The second-order valence-electron chi connectivity index (χ2n) is 7.03. The first kappa shape index (κ1) is 18.2. The third-order valence-electron chi connectivity index (χ3n) is 5.16. The number of amides is 1. The van der Waals surface area contributed by atoms with Crippen LogP contribution in [0.4, 0.5) is 5.82 Å². The Balaban J connectivity index is 1.27. The zero-order chi connectivity index (χ0) is 19.2. The first-order valence-corrected chi connectivity index (χ1v) is 9.82. The van der Waals surface area contributed by atoms with Crippen molar-refractivity contribution < 1.29 is 4.79 Å². The van der Waals surface area contributed by atoms with E-state index < -0.39 is 0 Å². The van der Waals surface area contributed by atoms with Gasteiger partial charge in [0.2, 0.25) is 5.91 Å². The Bertz CT molecular complexity index is 886. The minimum Gasteiger partial charge on any atom is -0.353 e. The minimum absolute atomic E-state index is 0.256. The van der Waals surface area contributed by atoms with Crippen LogP contribution in [0, 0.1) is 0 Å². The monoisotopic (exact) mass is 375 g/mol. The number of rotatable bonds is 6. The second-order valence-corrected chi connectivity index (χ2v) is 7.03. The lowest BCUT2D eigenvalue weighted by atomic mass is 10.1. The van der Waals surface area contributed by atoms with E-state index in [0.29, 0.717) is 6.42 Å². The second kappa shape index (κ2) is 8.69. The Kier molecular flexibility index (Phi) is 5.66. The summed E-state index contributed by atoms with van der Waals surface area (Å²) in [5, 5.41) is 0. The molecule has 0 spiro atoms. The van der Waals surface area contributed by atoms with Gasteiger partial charge in [-0.25, -0.2) is 9.97 Å². The highest BCUT2D eigenvalue weighted by molar-refractivity contribution is 5.76. The SMILES string of the molecule is O=C(CCCc1ccccc1)N1CCN(c2cc(-n3cccc3)ncn2)CC1. The number of hydrogen-bond donors (Lipinski definition) is 0. The Morgan fingerprint density at radius 2 is 1.61 bits per heavy atom. The van der Waals surface area contributed by atoms with E-state index in [2.05, 4.69) is 27.0 Å². The first-order valence-electron chi connectivity index (χ1n) is 9.82. The van der Waals surface area contributed by atoms with E-state index in [0.717, 1.165) is 50.7 Å². The van der Waals surface area contributed by atoms with Crippen LogP contribution in [0.15, 0.2) is 67.3 Å². The molecule has 1 aliphatic heterocycles. The van der Waals surface area contributed by atoms with Gasteiger partial charge in [-0.2, -0.15) is 0 Å². The number of anilines is 1. The van der Waals surface area contributed by atoms with Crippen molar-refractivity contribution in [3.63, 3.8) is 0 Å². The lowest BCUT2D eigenvalue weighted by Crippen LogP contribution is -2.49. The molecule has 6 heteroatoms. The van der Waals surface area contributed by atoms with Gasteiger partial charge in [-0.05, 0) is 30.5 Å². The molecule has 2 aromatic heterocycles. The van der Waals surface area contributed by atoms with Crippen LogP contribution in [0.25, 0.3) is 5.82 Å². The molecule has 0 N–H and O–H groups in total. The van der Waals surface area contributed by atoms with Crippen LogP contribution in [0.5, 0.6) is 0 Å². The van der Waals surface area contributed by atoms with Gasteiger partial charge in [0.05, 0.1) is 0 Å². The molecule has 1 saturated heterocycles. The predicted octanol–water partition coefficient (Wildman–Crippen LogP) is 2.94. The Labute approximate surface area is 165 Å². The van der Waals surface area contributed by atoms with Crippen molar-refractivity contribution in [2.45, 2.75) is 19.3 Å². The molecule has 0 saturated carbocycles. The molecule has 0 atom stereocenters. The fraction of sp³-hybridized carbons (Fsp3) is 0.318. The first-order chi connectivity index (χ1) is 13.8. The maximum absolute atomic E-state index is 12.5. The molecule has 3 heterocycles. The topological polar surface area (TPSA) is 54.3 Å². The highest BCUT2D eigenvalue weighted by atomic mass is 16.2. The van der Waals surface area contributed by atoms with Gasteiger partial charge in [-0.15, -0.1) is 0 Å². The molecule has 0 aliphatic carbocycles. The van der Waals surface area contributed by atoms with Crippen LogP contribution in [0.2, 0.25) is 0 Å². The summed E-state index contributed by atoms with van der Waals surface area (Å²) in [6.45, 7) is 3.08. The highest BCUT2D eigenvalue weighted by Gasteiger charge is 2.22. The Morgan fingerprint density at radius 3 is 2.36 bits per heavy atom. The lowest BCUT2D eigenvalue weighted by molar-refractivity contribution is -0.131. The molecule has 0 radical (unpaired) electrons. The van der Waals surface area contributed by atoms with Gasteiger partial charge in [0.1, 0.15) is 18.0 Å². The van der Waals surface area contributed by atoms with Crippen molar-refractivity contribution in [1.82, 2.24) is 19.4 Å². The molecule has 0 unspecified atom stereocenters. The molecule has 1 aliphatic rings. The van der Waals surface area contributed by atoms with E-state index in [1.807, 2.05) is 58.3 Å². The van der Waals surface area contributed by atoms with Crippen molar-refractivity contribution in [2.24, 2.45) is 0 Å². The molecule has 0 bridgehead atoms. The molecular formula is C22H25N5O. The average Bonchev–Trinajstić information content (AvgIpc) is 3.30. The van der Waals surface area contributed by atoms with Crippen molar-refractivity contribution in [2.75, 3.05) is 31.1 Å². The summed E-state index contributed by atoms with van der Waals surface area (Å²) in [6, 6.07) is 16.3. The highest BCUT2D eigenvalue weighted by Crippen LogP contribution is 2.17. The van der Waals surface area contributed by atoms with Crippen LogP contribution < -0.4 is 4.90 Å².